The minimum absolute atomic E-state index is 0.517. The van der Waals surface area contributed by atoms with Crippen molar-refractivity contribution in [2.75, 3.05) is 5.73 Å². The van der Waals surface area contributed by atoms with Crippen molar-refractivity contribution in [2.45, 2.75) is 38.4 Å². The summed E-state index contributed by atoms with van der Waals surface area (Å²) in [5.74, 6) is 0. The summed E-state index contributed by atoms with van der Waals surface area (Å²) in [5.41, 5.74) is 12.4. The quantitative estimate of drug-likeness (QED) is 0.919. The number of allylic oxidation sites excluding steroid dienone is 1. The molecule has 2 N–H and O–H groups in total. The topological polar surface area (TPSA) is 42.1 Å². The van der Waals surface area contributed by atoms with E-state index in [2.05, 4.69) is 40.2 Å². The fraction of sp³-hybridized carbons (Fsp3) is 0.316. The molecule has 0 bridgehead atoms. The molecule has 3 nitrogen and oxygen atoms in total. The Morgan fingerprint density at radius 2 is 1.86 bits per heavy atom. The first-order chi connectivity index (χ1) is 10.8. The summed E-state index contributed by atoms with van der Waals surface area (Å²) < 4.78 is 0. The van der Waals surface area contributed by atoms with Gasteiger partial charge in [-0.2, -0.15) is 0 Å². The average Bonchev–Trinajstić information content (AvgIpc) is 2.99. The van der Waals surface area contributed by atoms with Gasteiger partial charge < -0.3 is 5.73 Å². The zero-order valence-electron chi connectivity index (χ0n) is 12.7. The molecule has 2 heterocycles. The van der Waals surface area contributed by atoms with Crippen molar-refractivity contribution in [3.8, 4) is 0 Å². The van der Waals surface area contributed by atoms with Gasteiger partial charge in [-0.3, -0.25) is 9.88 Å². The number of pyridine rings is 1. The molecule has 2 aliphatic rings. The Kier molecular flexibility index (Phi) is 3.43. The Labute approximate surface area is 131 Å². The minimum Gasteiger partial charge on any atom is -0.397 e. The Bertz CT molecular complexity index is 695. The Morgan fingerprint density at radius 3 is 2.59 bits per heavy atom. The third kappa shape index (κ3) is 2.42. The van der Waals surface area contributed by atoms with E-state index in [1.807, 2.05) is 12.3 Å². The molecule has 1 aliphatic carbocycles. The first-order valence-corrected chi connectivity index (χ1v) is 8.02. The van der Waals surface area contributed by atoms with E-state index >= 15 is 0 Å². The summed E-state index contributed by atoms with van der Waals surface area (Å²) in [6.45, 7) is 2.13. The molecule has 4 rings (SSSR count). The summed E-state index contributed by atoms with van der Waals surface area (Å²) in [4.78, 5) is 6.69. The summed E-state index contributed by atoms with van der Waals surface area (Å²) in [7, 11) is 0. The van der Waals surface area contributed by atoms with Crippen LogP contribution in [0.25, 0.3) is 5.57 Å². The van der Waals surface area contributed by atoms with Gasteiger partial charge in [-0.05, 0) is 42.0 Å². The highest BCUT2D eigenvalue weighted by atomic mass is 15.2. The van der Waals surface area contributed by atoms with Gasteiger partial charge in [0.05, 0.1) is 11.9 Å². The van der Waals surface area contributed by atoms with Crippen LogP contribution in [0.15, 0.2) is 48.8 Å². The van der Waals surface area contributed by atoms with Gasteiger partial charge in [0.15, 0.2) is 0 Å². The van der Waals surface area contributed by atoms with Crippen LogP contribution in [0.3, 0.4) is 0 Å². The number of hydrogen-bond acceptors (Lipinski definition) is 3. The van der Waals surface area contributed by atoms with Crippen LogP contribution in [0, 0.1) is 0 Å². The molecule has 1 atom stereocenters. The number of nitrogen functional groups attached to an aromatic ring is 1. The number of nitrogens with two attached hydrogens (primary N) is 1. The van der Waals surface area contributed by atoms with Gasteiger partial charge >= 0.3 is 0 Å². The van der Waals surface area contributed by atoms with E-state index in [-0.39, 0.29) is 0 Å². The zero-order chi connectivity index (χ0) is 14.9. The maximum Gasteiger partial charge on any atom is 0.0576 e. The Balaban J connectivity index is 1.59. The number of nitrogens with zero attached hydrogens (tertiary/aromatic N) is 2. The molecule has 0 amide bonds. The van der Waals surface area contributed by atoms with Gasteiger partial charge in [-0.15, -0.1) is 0 Å². The van der Waals surface area contributed by atoms with Crippen molar-refractivity contribution >= 4 is 11.3 Å². The third-order valence-electron chi connectivity index (χ3n) is 4.87. The SMILES string of the molecule is Nc1cnccc1C1=CC(N2Cc3ccccc3C2)CCC1. The standard InChI is InChI=1S/C19H21N3/c20-19-11-21-9-8-18(19)14-6-3-7-17(10-14)22-12-15-4-1-2-5-16(15)13-22/h1-2,4-5,8-11,17H,3,6-7,12-13,20H2. The third-order valence-corrected chi connectivity index (χ3v) is 4.87. The molecule has 0 saturated heterocycles. The Morgan fingerprint density at radius 1 is 1.09 bits per heavy atom. The summed E-state index contributed by atoms with van der Waals surface area (Å²) in [6.07, 6.45) is 9.60. The minimum atomic E-state index is 0.517. The lowest BCUT2D eigenvalue weighted by Crippen LogP contribution is -2.30. The largest absolute Gasteiger partial charge is 0.397 e. The fourth-order valence-electron chi connectivity index (χ4n) is 3.71. The van der Waals surface area contributed by atoms with Crippen LogP contribution in [-0.2, 0) is 13.1 Å². The van der Waals surface area contributed by atoms with E-state index in [1.54, 1.807) is 6.20 Å². The maximum atomic E-state index is 6.10. The van der Waals surface area contributed by atoms with Crippen molar-refractivity contribution in [3.05, 3.63) is 65.5 Å². The van der Waals surface area contributed by atoms with E-state index in [1.165, 1.54) is 29.5 Å². The smallest absolute Gasteiger partial charge is 0.0576 e. The number of fused-ring (bicyclic) bond motifs is 1. The molecule has 1 unspecified atom stereocenters. The predicted octanol–water partition coefficient (Wildman–Crippen LogP) is 3.62. The molecule has 1 aliphatic heterocycles. The van der Waals surface area contributed by atoms with Crippen molar-refractivity contribution in [2.24, 2.45) is 0 Å². The second-order valence-electron chi connectivity index (χ2n) is 6.29. The van der Waals surface area contributed by atoms with Crippen molar-refractivity contribution in [1.29, 1.82) is 0 Å². The van der Waals surface area contributed by atoms with E-state index < -0.39 is 0 Å². The molecule has 112 valence electrons. The van der Waals surface area contributed by atoms with Crippen LogP contribution in [-0.4, -0.2) is 15.9 Å². The summed E-state index contributed by atoms with van der Waals surface area (Å²) in [5, 5.41) is 0. The number of anilines is 1. The van der Waals surface area contributed by atoms with E-state index in [9.17, 15) is 0 Å². The Hall–Kier alpha value is -2.13. The van der Waals surface area contributed by atoms with Gasteiger partial charge in [-0.1, -0.05) is 30.3 Å². The fourth-order valence-corrected chi connectivity index (χ4v) is 3.71. The first-order valence-electron chi connectivity index (χ1n) is 8.02. The first kappa shape index (κ1) is 13.5. The number of rotatable bonds is 2. The van der Waals surface area contributed by atoms with Gasteiger partial charge in [-0.25, -0.2) is 0 Å². The van der Waals surface area contributed by atoms with Crippen molar-refractivity contribution in [1.82, 2.24) is 9.88 Å². The van der Waals surface area contributed by atoms with Crippen LogP contribution < -0.4 is 5.73 Å². The molecule has 3 heteroatoms. The summed E-state index contributed by atoms with van der Waals surface area (Å²) in [6, 6.07) is 11.4. The lowest BCUT2D eigenvalue weighted by Gasteiger charge is -2.29. The van der Waals surface area contributed by atoms with E-state index in [0.29, 0.717) is 6.04 Å². The molecule has 0 fully saturated rings. The van der Waals surface area contributed by atoms with Crippen LogP contribution in [0.1, 0.15) is 36.0 Å². The predicted molar refractivity (Wildman–Crippen MR) is 90.0 cm³/mol. The highest BCUT2D eigenvalue weighted by Crippen LogP contribution is 2.34. The normalized spacial score (nSPS) is 21.5. The second kappa shape index (κ2) is 5.58. The van der Waals surface area contributed by atoms with E-state index in [0.717, 1.165) is 30.8 Å². The highest BCUT2D eigenvalue weighted by Gasteiger charge is 2.26. The molecule has 1 aromatic carbocycles. The molecular weight excluding hydrogens is 270 g/mol. The lowest BCUT2D eigenvalue weighted by atomic mass is 9.90. The molecule has 22 heavy (non-hydrogen) atoms. The monoisotopic (exact) mass is 291 g/mol. The van der Waals surface area contributed by atoms with Gasteiger partial charge in [0, 0.05) is 30.9 Å². The van der Waals surface area contributed by atoms with E-state index in [4.69, 9.17) is 5.73 Å². The van der Waals surface area contributed by atoms with Crippen LogP contribution >= 0.6 is 0 Å². The molecule has 0 saturated carbocycles. The number of benzene rings is 1. The molecule has 0 radical (unpaired) electrons. The number of hydrogen-bond donors (Lipinski definition) is 1. The average molecular weight is 291 g/mol. The highest BCUT2D eigenvalue weighted by molar-refractivity contribution is 5.75. The molecule has 0 spiro atoms. The molecule has 1 aromatic heterocycles. The second-order valence-corrected chi connectivity index (χ2v) is 6.29. The lowest BCUT2D eigenvalue weighted by molar-refractivity contribution is 0.219. The zero-order valence-corrected chi connectivity index (χ0v) is 12.7. The maximum absolute atomic E-state index is 6.10. The summed E-state index contributed by atoms with van der Waals surface area (Å²) >= 11 is 0. The van der Waals surface area contributed by atoms with Gasteiger partial charge in [0.25, 0.3) is 0 Å². The van der Waals surface area contributed by atoms with Crippen molar-refractivity contribution in [3.63, 3.8) is 0 Å². The van der Waals surface area contributed by atoms with Gasteiger partial charge in [0.1, 0.15) is 0 Å². The van der Waals surface area contributed by atoms with Gasteiger partial charge in [0.2, 0.25) is 0 Å². The van der Waals surface area contributed by atoms with Crippen LogP contribution in [0.2, 0.25) is 0 Å². The van der Waals surface area contributed by atoms with Crippen molar-refractivity contribution < 1.29 is 0 Å². The van der Waals surface area contributed by atoms with Crippen LogP contribution in [0.5, 0.6) is 0 Å². The molecular formula is C19H21N3. The van der Waals surface area contributed by atoms with Crippen LogP contribution in [0.4, 0.5) is 5.69 Å². The number of aromatic nitrogens is 1. The molecule has 2 aromatic rings.